The van der Waals surface area contributed by atoms with E-state index in [-0.39, 0.29) is 0 Å². The molecule has 19 heavy (non-hydrogen) atoms. The number of aromatic nitrogens is 4. The van der Waals surface area contributed by atoms with E-state index in [1.165, 1.54) is 11.5 Å². The van der Waals surface area contributed by atoms with Crippen molar-refractivity contribution in [2.75, 3.05) is 5.32 Å². The largest absolute Gasteiger partial charge is 0.377 e. The van der Waals surface area contributed by atoms with Crippen molar-refractivity contribution < 1.29 is 0 Å². The highest BCUT2D eigenvalue weighted by Crippen LogP contribution is 2.24. The van der Waals surface area contributed by atoms with Crippen LogP contribution in [0.4, 0.5) is 5.69 Å². The molecule has 0 unspecified atom stereocenters. The first kappa shape index (κ1) is 12.1. The van der Waals surface area contributed by atoms with Crippen LogP contribution in [-0.4, -0.2) is 19.4 Å². The fourth-order valence-electron chi connectivity index (χ4n) is 1.71. The van der Waals surface area contributed by atoms with E-state index in [4.69, 9.17) is 11.6 Å². The normalized spacial score (nSPS) is 10.6. The molecule has 1 N–H and O–H groups in total. The second-order valence-corrected chi connectivity index (χ2v) is 4.91. The van der Waals surface area contributed by atoms with Gasteiger partial charge in [-0.3, -0.25) is 0 Å². The van der Waals surface area contributed by atoms with Crippen molar-refractivity contribution >= 4 is 28.8 Å². The van der Waals surface area contributed by atoms with E-state index in [1.807, 2.05) is 35.8 Å². The second-order valence-electron chi connectivity index (χ2n) is 3.86. The molecular formula is C12H10ClN5S. The Hall–Kier alpha value is -1.92. The number of rotatable bonds is 4. The average Bonchev–Trinajstić information content (AvgIpc) is 3.10. The van der Waals surface area contributed by atoms with Gasteiger partial charge in [-0.25, -0.2) is 4.68 Å². The number of anilines is 1. The van der Waals surface area contributed by atoms with Gasteiger partial charge in [0.05, 0.1) is 23.6 Å². The van der Waals surface area contributed by atoms with Crippen molar-refractivity contribution in [1.29, 1.82) is 0 Å². The Kier molecular flexibility index (Phi) is 3.43. The maximum absolute atomic E-state index is 6.04. The molecule has 7 heteroatoms. The minimum atomic E-state index is 0.602. The lowest BCUT2D eigenvalue weighted by Gasteiger charge is -2.11. The van der Waals surface area contributed by atoms with Gasteiger partial charge in [-0.1, -0.05) is 16.1 Å². The number of hydrogen-bond acceptors (Lipinski definition) is 5. The molecular weight excluding hydrogens is 282 g/mol. The summed E-state index contributed by atoms with van der Waals surface area (Å²) in [5.41, 5.74) is 2.75. The highest BCUT2D eigenvalue weighted by atomic mass is 35.5. The third-order valence-corrected chi connectivity index (χ3v) is 3.36. The quantitative estimate of drug-likeness (QED) is 0.803. The molecule has 0 atom stereocenters. The van der Waals surface area contributed by atoms with Crippen LogP contribution in [0, 0.1) is 0 Å². The van der Waals surface area contributed by atoms with E-state index in [1.54, 1.807) is 10.9 Å². The number of nitrogens with zero attached hydrogens (tertiary/aromatic N) is 4. The van der Waals surface area contributed by atoms with Crippen LogP contribution in [0.15, 0.2) is 42.0 Å². The molecule has 0 aliphatic heterocycles. The van der Waals surface area contributed by atoms with Crippen LogP contribution < -0.4 is 5.32 Å². The molecule has 0 saturated carbocycles. The van der Waals surface area contributed by atoms with E-state index in [0.29, 0.717) is 11.6 Å². The molecule has 3 aromatic rings. The maximum atomic E-state index is 6.04. The van der Waals surface area contributed by atoms with Gasteiger partial charge in [-0.15, -0.1) is 5.10 Å². The number of hydrogen-bond donors (Lipinski definition) is 1. The van der Waals surface area contributed by atoms with E-state index in [9.17, 15) is 0 Å². The summed E-state index contributed by atoms with van der Waals surface area (Å²) in [5, 5.41) is 14.1. The standard InChI is InChI=1S/C12H10ClN5S/c13-9-2-3-12(18-5-1-4-15-18)11(6-9)14-7-10-8-19-17-16-10/h1-6,8,14H,7H2. The van der Waals surface area contributed by atoms with E-state index in [0.717, 1.165) is 17.1 Å². The molecule has 5 nitrogen and oxygen atoms in total. The third kappa shape index (κ3) is 2.74. The van der Waals surface area contributed by atoms with Gasteiger partial charge < -0.3 is 5.32 Å². The van der Waals surface area contributed by atoms with E-state index in [2.05, 4.69) is 20.0 Å². The van der Waals surface area contributed by atoms with Crippen LogP contribution in [0.2, 0.25) is 5.02 Å². The number of benzene rings is 1. The Morgan fingerprint density at radius 3 is 3.05 bits per heavy atom. The van der Waals surface area contributed by atoms with Gasteiger partial charge in [0.15, 0.2) is 0 Å². The Bertz CT molecular complexity index is 651. The van der Waals surface area contributed by atoms with Crippen molar-refractivity contribution in [3.05, 3.63) is 52.8 Å². The zero-order chi connectivity index (χ0) is 13.1. The molecule has 0 aliphatic rings. The fourth-order valence-corrected chi connectivity index (χ4v) is 2.33. The van der Waals surface area contributed by atoms with Crippen molar-refractivity contribution in [1.82, 2.24) is 19.4 Å². The summed E-state index contributed by atoms with van der Waals surface area (Å²) < 4.78 is 5.62. The first-order valence-electron chi connectivity index (χ1n) is 5.62. The molecule has 0 spiro atoms. The summed E-state index contributed by atoms with van der Waals surface area (Å²) in [6.07, 6.45) is 3.63. The van der Waals surface area contributed by atoms with Crippen LogP contribution >= 0.6 is 23.1 Å². The summed E-state index contributed by atoms with van der Waals surface area (Å²) >= 11 is 7.38. The minimum absolute atomic E-state index is 0.602. The Balaban J connectivity index is 1.88. The number of nitrogens with one attached hydrogen (secondary N) is 1. The van der Waals surface area contributed by atoms with Crippen LogP contribution in [-0.2, 0) is 6.54 Å². The molecule has 0 saturated heterocycles. The smallest absolute Gasteiger partial charge is 0.0946 e. The van der Waals surface area contributed by atoms with Gasteiger partial charge >= 0.3 is 0 Å². The van der Waals surface area contributed by atoms with Gasteiger partial charge in [0.1, 0.15) is 0 Å². The molecule has 2 aromatic heterocycles. The van der Waals surface area contributed by atoms with Crippen LogP contribution in [0.25, 0.3) is 5.69 Å². The molecule has 1 aromatic carbocycles. The first-order chi connectivity index (χ1) is 9.33. The lowest BCUT2D eigenvalue weighted by atomic mass is 10.2. The Morgan fingerprint density at radius 1 is 1.37 bits per heavy atom. The highest BCUT2D eigenvalue weighted by Gasteiger charge is 2.06. The van der Waals surface area contributed by atoms with Crippen molar-refractivity contribution in [3.8, 4) is 5.69 Å². The predicted molar refractivity (Wildman–Crippen MR) is 75.8 cm³/mol. The van der Waals surface area contributed by atoms with E-state index >= 15 is 0 Å². The molecule has 0 fully saturated rings. The van der Waals surface area contributed by atoms with Gasteiger partial charge in [-0.2, -0.15) is 5.10 Å². The second kappa shape index (κ2) is 5.38. The molecule has 0 bridgehead atoms. The summed E-state index contributed by atoms with van der Waals surface area (Å²) in [7, 11) is 0. The highest BCUT2D eigenvalue weighted by molar-refractivity contribution is 7.03. The fraction of sp³-hybridized carbons (Fsp3) is 0.0833. The van der Waals surface area contributed by atoms with E-state index < -0.39 is 0 Å². The van der Waals surface area contributed by atoms with Gasteiger partial charge in [0, 0.05) is 22.8 Å². The molecule has 0 amide bonds. The summed E-state index contributed by atoms with van der Waals surface area (Å²) in [6, 6.07) is 7.52. The Morgan fingerprint density at radius 2 is 2.32 bits per heavy atom. The third-order valence-electron chi connectivity index (χ3n) is 2.57. The van der Waals surface area contributed by atoms with Gasteiger partial charge in [0.25, 0.3) is 0 Å². The van der Waals surface area contributed by atoms with Crippen LogP contribution in [0.1, 0.15) is 5.69 Å². The zero-order valence-electron chi connectivity index (χ0n) is 9.82. The molecule has 96 valence electrons. The number of halogens is 1. The monoisotopic (exact) mass is 291 g/mol. The van der Waals surface area contributed by atoms with Gasteiger partial charge in [-0.05, 0) is 35.8 Å². The average molecular weight is 292 g/mol. The summed E-state index contributed by atoms with van der Waals surface area (Å²) in [4.78, 5) is 0. The predicted octanol–water partition coefficient (Wildman–Crippen LogP) is 2.99. The minimum Gasteiger partial charge on any atom is -0.377 e. The van der Waals surface area contributed by atoms with Crippen LogP contribution in [0.3, 0.4) is 0 Å². The topological polar surface area (TPSA) is 55.6 Å². The SMILES string of the molecule is Clc1ccc(-n2cccn2)c(NCc2csnn2)c1. The molecule has 0 aliphatic carbocycles. The van der Waals surface area contributed by atoms with Crippen molar-refractivity contribution in [2.24, 2.45) is 0 Å². The van der Waals surface area contributed by atoms with Crippen molar-refractivity contribution in [3.63, 3.8) is 0 Å². The summed E-state index contributed by atoms with van der Waals surface area (Å²) in [6.45, 7) is 0.602. The molecule has 2 heterocycles. The van der Waals surface area contributed by atoms with Gasteiger partial charge in [0.2, 0.25) is 0 Å². The maximum Gasteiger partial charge on any atom is 0.0946 e. The zero-order valence-corrected chi connectivity index (χ0v) is 11.4. The molecule has 0 radical (unpaired) electrons. The van der Waals surface area contributed by atoms with Crippen LogP contribution in [0.5, 0.6) is 0 Å². The summed E-state index contributed by atoms with van der Waals surface area (Å²) in [5.74, 6) is 0. The Labute approximate surface area is 119 Å². The van der Waals surface area contributed by atoms with Crippen molar-refractivity contribution in [2.45, 2.75) is 6.54 Å². The lowest BCUT2D eigenvalue weighted by molar-refractivity contribution is 0.878. The first-order valence-corrected chi connectivity index (χ1v) is 6.84. The molecule has 3 rings (SSSR count). The lowest BCUT2D eigenvalue weighted by Crippen LogP contribution is -2.05.